The van der Waals surface area contributed by atoms with Crippen LogP contribution in [0.2, 0.25) is 10.0 Å². The van der Waals surface area contributed by atoms with Gasteiger partial charge in [-0.1, -0.05) is 29.6 Å². The predicted octanol–water partition coefficient (Wildman–Crippen LogP) is 6.63. The number of likely N-dealkylation sites (tertiary alicyclic amines) is 1. The first-order chi connectivity index (χ1) is 14.6. The quantitative estimate of drug-likeness (QED) is 0.489. The Bertz CT molecular complexity index is 987. The molecule has 0 N–H and O–H groups in total. The SMILES string of the molecule is CC1C2CCCC(CC(F)(F)F)C2CCN1C(=O)Cc1c(Cl)ccc2c1c(Cl)cn2C. The third kappa shape index (κ3) is 4.43. The van der Waals surface area contributed by atoms with Crippen LogP contribution in [-0.4, -0.2) is 34.1 Å². The van der Waals surface area contributed by atoms with Crippen molar-refractivity contribution in [1.29, 1.82) is 0 Å². The lowest BCUT2D eigenvalue weighted by Gasteiger charge is -2.49. The number of carbonyl (C=O) groups excluding carboxylic acids is 1. The number of hydrogen-bond acceptors (Lipinski definition) is 1. The molecule has 2 aromatic rings. The number of rotatable bonds is 3. The standard InChI is InChI=1S/C23H27Cl2F3N2O/c1-13-15-5-3-4-14(11-23(26,27)28)16(15)8-9-30(13)21(31)10-17-18(24)6-7-20-22(17)19(25)12-29(20)2/h6-7,12-16H,3-5,8-11H2,1-2H3. The van der Waals surface area contributed by atoms with E-state index in [1.54, 1.807) is 12.3 Å². The highest BCUT2D eigenvalue weighted by Gasteiger charge is 2.45. The zero-order chi connectivity index (χ0) is 22.5. The number of fused-ring (bicyclic) bond motifs is 2. The van der Waals surface area contributed by atoms with Gasteiger partial charge in [0, 0.05) is 48.2 Å². The van der Waals surface area contributed by atoms with Gasteiger partial charge in [-0.25, -0.2) is 0 Å². The second-order valence-electron chi connectivity index (χ2n) is 9.14. The molecular weight excluding hydrogens is 448 g/mol. The summed E-state index contributed by atoms with van der Waals surface area (Å²) >= 11 is 12.9. The molecule has 0 spiro atoms. The molecule has 4 rings (SSSR count). The molecule has 1 aliphatic carbocycles. The number of carbonyl (C=O) groups is 1. The fourth-order valence-electron chi connectivity index (χ4n) is 5.97. The van der Waals surface area contributed by atoms with Crippen LogP contribution >= 0.6 is 23.2 Å². The molecule has 4 unspecified atom stereocenters. The molecule has 0 radical (unpaired) electrons. The number of halogens is 5. The molecule has 4 atom stereocenters. The van der Waals surface area contributed by atoms with Crippen molar-refractivity contribution in [3.63, 3.8) is 0 Å². The van der Waals surface area contributed by atoms with Gasteiger partial charge in [0.1, 0.15) is 0 Å². The number of piperidine rings is 1. The monoisotopic (exact) mass is 474 g/mol. The van der Waals surface area contributed by atoms with E-state index < -0.39 is 12.6 Å². The first kappa shape index (κ1) is 22.8. The Morgan fingerprint density at radius 3 is 2.58 bits per heavy atom. The lowest BCUT2D eigenvalue weighted by molar-refractivity contribution is -0.160. The Labute approximate surface area is 190 Å². The Morgan fingerprint density at radius 1 is 1.13 bits per heavy atom. The van der Waals surface area contributed by atoms with Crippen LogP contribution in [0, 0.1) is 17.8 Å². The Hall–Kier alpha value is -1.40. The van der Waals surface area contributed by atoms with Gasteiger partial charge in [-0.05, 0) is 61.6 Å². The lowest BCUT2D eigenvalue weighted by atomic mass is 9.65. The van der Waals surface area contributed by atoms with E-state index in [4.69, 9.17) is 23.2 Å². The summed E-state index contributed by atoms with van der Waals surface area (Å²) in [6, 6.07) is 3.59. The van der Waals surface area contributed by atoms with Crippen molar-refractivity contribution in [1.82, 2.24) is 9.47 Å². The summed E-state index contributed by atoms with van der Waals surface area (Å²) in [6.45, 7) is 2.48. The van der Waals surface area contributed by atoms with E-state index in [1.165, 1.54) is 0 Å². The van der Waals surface area contributed by atoms with Crippen LogP contribution in [-0.2, 0) is 18.3 Å². The third-order valence-corrected chi connectivity index (χ3v) is 8.02. The van der Waals surface area contributed by atoms with Crippen molar-refractivity contribution in [2.75, 3.05) is 6.54 Å². The average molecular weight is 475 g/mol. The molecule has 1 aromatic heterocycles. The van der Waals surface area contributed by atoms with Crippen LogP contribution in [0.3, 0.4) is 0 Å². The fourth-order valence-corrected chi connectivity index (χ4v) is 6.55. The maximum absolute atomic E-state index is 13.3. The number of amides is 1. The van der Waals surface area contributed by atoms with Gasteiger partial charge in [-0.2, -0.15) is 13.2 Å². The predicted molar refractivity (Wildman–Crippen MR) is 117 cm³/mol. The maximum Gasteiger partial charge on any atom is 0.389 e. The smallest absolute Gasteiger partial charge is 0.349 e. The first-order valence-corrected chi connectivity index (χ1v) is 11.6. The Balaban J connectivity index is 1.54. The number of benzene rings is 1. The second kappa shape index (κ2) is 8.51. The van der Waals surface area contributed by atoms with Gasteiger partial charge in [0.2, 0.25) is 5.91 Å². The molecule has 2 heterocycles. The van der Waals surface area contributed by atoms with Crippen LogP contribution < -0.4 is 0 Å². The maximum atomic E-state index is 13.3. The minimum absolute atomic E-state index is 0.0324. The molecular formula is C23H27Cl2F3N2O. The third-order valence-electron chi connectivity index (χ3n) is 7.38. The molecule has 170 valence electrons. The summed E-state index contributed by atoms with van der Waals surface area (Å²) in [4.78, 5) is 15.2. The van der Waals surface area contributed by atoms with Crippen molar-refractivity contribution in [3.8, 4) is 0 Å². The minimum Gasteiger partial charge on any atom is -0.349 e. The van der Waals surface area contributed by atoms with E-state index in [0.29, 0.717) is 35.0 Å². The number of hydrogen-bond donors (Lipinski definition) is 0. The summed E-state index contributed by atoms with van der Waals surface area (Å²) in [7, 11) is 1.89. The van der Waals surface area contributed by atoms with Gasteiger partial charge in [-0.15, -0.1) is 0 Å². The average Bonchev–Trinajstić information content (AvgIpc) is 2.97. The summed E-state index contributed by atoms with van der Waals surface area (Å²) in [6.07, 6.45) is 0.0218. The molecule has 0 bridgehead atoms. The number of aromatic nitrogens is 1. The van der Waals surface area contributed by atoms with Crippen molar-refractivity contribution >= 4 is 40.0 Å². The molecule has 1 saturated carbocycles. The summed E-state index contributed by atoms with van der Waals surface area (Å²) in [5, 5.41) is 1.84. The van der Waals surface area contributed by atoms with Crippen molar-refractivity contribution < 1.29 is 18.0 Å². The van der Waals surface area contributed by atoms with Gasteiger partial charge in [0.25, 0.3) is 0 Å². The van der Waals surface area contributed by atoms with Gasteiger partial charge < -0.3 is 9.47 Å². The van der Waals surface area contributed by atoms with Crippen LogP contribution in [0.5, 0.6) is 0 Å². The zero-order valence-corrected chi connectivity index (χ0v) is 19.2. The van der Waals surface area contributed by atoms with Crippen LogP contribution in [0.15, 0.2) is 18.3 Å². The molecule has 1 aromatic carbocycles. The van der Waals surface area contributed by atoms with E-state index in [-0.39, 0.29) is 36.1 Å². The number of aryl methyl sites for hydroxylation is 1. The highest BCUT2D eigenvalue weighted by atomic mass is 35.5. The van der Waals surface area contributed by atoms with E-state index >= 15 is 0 Å². The molecule has 2 aliphatic rings. The molecule has 1 aliphatic heterocycles. The highest BCUT2D eigenvalue weighted by molar-refractivity contribution is 6.38. The zero-order valence-electron chi connectivity index (χ0n) is 17.7. The van der Waals surface area contributed by atoms with E-state index in [2.05, 4.69) is 0 Å². The van der Waals surface area contributed by atoms with Gasteiger partial charge in [-0.3, -0.25) is 4.79 Å². The molecule has 2 fully saturated rings. The van der Waals surface area contributed by atoms with Crippen molar-refractivity contribution in [2.24, 2.45) is 24.8 Å². The topological polar surface area (TPSA) is 25.2 Å². The molecule has 8 heteroatoms. The van der Waals surface area contributed by atoms with Gasteiger partial charge in [0.05, 0.1) is 11.4 Å². The van der Waals surface area contributed by atoms with Crippen LogP contribution in [0.25, 0.3) is 10.9 Å². The Kier molecular flexibility index (Phi) is 6.25. The van der Waals surface area contributed by atoms with E-state index in [9.17, 15) is 18.0 Å². The highest BCUT2D eigenvalue weighted by Crippen LogP contribution is 2.47. The van der Waals surface area contributed by atoms with Crippen LogP contribution in [0.1, 0.15) is 44.6 Å². The van der Waals surface area contributed by atoms with Crippen molar-refractivity contribution in [3.05, 3.63) is 33.9 Å². The summed E-state index contributed by atoms with van der Waals surface area (Å²) in [5.41, 5.74) is 1.62. The van der Waals surface area contributed by atoms with Gasteiger partial charge >= 0.3 is 6.18 Å². The summed E-state index contributed by atoms with van der Waals surface area (Å²) in [5.74, 6) is -0.224. The minimum atomic E-state index is -4.13. The normalized spacial score (nSPS) is 26.9. The van der Waals surface area contributed by atoms with E-state index in [1.807, 2.05) is 29.5 Å². The van der Waals surface area contributed by atoms with Gasteiger partial charge in [0.15, 0.2) is 0 Å². The molecule has 1 amide bonds. The summed E-state index contributed by atoms with van der Waals surface area (Å²) < 4.78 is 41.1. The molecule has 1 saturated heterocycles. The molecule has 31 heavy (non-hydrogen) atoms. The second-order valence-corrected chi connectivity index (χ2v) is 9.95. The largest absolute Gasteiger partial charge is 0.389 e. The van der Waals surface area contributed by atoms with E-state index in [0.717, 1.165) is 23.7 Å². The first-order valence-electron chi connectivity index (χ1n) is 10.8. The Morgan fingerprint density at radius 2 is 1.87 bits per heavy atom. The fraction of sp³-hybridized carbons (Fsp3) is 0.609. The number of alkyl halides is 3. The number of nitrogens with zero attached hydrogens (tertiary/aromatic N) is 2. The molecule has 3 nitrogen and oxygen atoms in total. The van der Waals surface area contributed by atoms with Crippen molar-refractivity contribution in [2.45, 2.75) is 57.7 Å². The lowest BCUT2D eigenvalue weighted by Crippen LogP contribution is -2.53. The van der Waals surface area contributed by atoms with Crippen LogP contribution in [0.4, 0.5) is 13.2 Å².